The van der Waals surface area contributed by atoms with Crippen LogP contribution in [0.4, 0.5) is 0 Å². The van der Waals surface area contributed by atoms with E-state index in [-0.39, 0.29) is 0 Å². The van der Waals surface area contributed by atoms with Crippen LogP contribution in [0, 0.1) is 0 Å². The molecule has 0 spiro atoms. The fourth-order valence-corrected chi connectivity index (χ4v) is 4.13. The van der Waals surface area contributed by atoms with Crippen molar-refractivity contribution in [3.8, 4) is 0 Å². The van der Waals surface area contributed by atoms with Crippen LogP contribution in [0.3, 0.4) is 0 Å². The first-order valence-electron chi connectivity index (χ1n) is 11.8. The number of H-pyrrole nitrogens is 1. The molecule has 0 saturated heterocycles. The normalized spacial score (nSPS) is 12.8. The summed E-state index contributed by atoms with van der Waals surface area (Å²) in [4.78, 5) is 3.53. The minimum Gasteiger partial charge on any atom is -0.247 e. The van der Waals surface area contributed by atoms with Gasteiger partial charge < -0.3 is 0 Å². The summed E-state index contributed by atoms with van der Waals surface area (Å²) < 4.78 is 2.43. The third-order valence-corrected chi connectivity index (χ3v) is 5.73. The molecular weight excluding hydrogens is 316 g/mol. The molecule has 0 amide bonds. The molecule has 1 N–H and O–H groups in total. The van der Waals surface area contributed by atoms with Crippen LogP contribution in [0.2, 0.25) is 0 Å². The Morgan fingerprint density at radius 1 is 0.731 bits per heavy atom. The van der Waals surface area contributed by atoms with Crippen molar-refractivity contribution in [2.45, 2.75) is 136 Å². The number of aromatic nitrogens is 2. The van der Waals surface area contributed by atoms with Gasteiger partial charge in [0.2, 0.25) is 0 Å². The van der Waals surface area contributed by atoms with Crippen LogP contribution in [-0.4, -0.2) is 4.98 Å². The molecule has 2 heteroatoms. The highest BCUT2D eigenvalue weighted by Crippen LogP contribution is 2.25. The van der Waals surface area contributed by atoms with Gasteiger partial charge in [-0.15, -0.1) is 0 Å². The van der Waals surface area contributed by atoms with Gasteiger partial charge in [-0.1, -0.05) is 97.3 Å². The Balaban J connectivity index is 2.10. The fraction of sp³-hybridized carbons (Fsp3) is 0.875. The van der Waals surface area contributed by atoms with E-state index >= 15 is 0 Å². The molecule has 0 radical (unpaired) electrons. The summed E-state index contributed by atoms with van der Waals surface area (Å²) >= 11 is 0. The van der Waals surface area contributed by atoms with E-state index in [1.165, 1.54) is 102 Å². The molecule has 1 heterocycles. The third kappa shape index (κ3) is 9.78. The summed E-state index contributed by atoms with van der Waals surface area (Å²) in [5.41, 5.74) is 0. The van der Waals surface area contributed by atoms with Gasteiger partial charge in [0.25, 0.3) is 5.82 Å². The second kappa shape index (κ2) is 15.3. The molecule has 0 unspecified atom stereocenters. The van der Waals surface area contributed by atoms with Crippen LogP contribution in [0.1, 0.15) is 142 Å². The first-order chi connectivity index (χ1) is 12.7. The molecule has 1 aromatic rings. The van der Waals surface area contributed by atoms with Gasteiger partial charge in [0.1, 0.15) is 12.4 Å². The molecule has 1 aromatic heterocycles. The molecule has 2 nitrogen and oxygen atoms in total. The molecule has 152 valence electrons. The van der Waals surface area contributed by atoms with E-state index in [1.807, 2.05) is 0 Å². The predicted octanol–water partition coefficient (Wildman–Crippen LogP) is 7.86. The zero-order valence-corrected chi connectivity index (χ0v) is 18.4. The van der Waals surface area contributed by atoms with Crippen molar-refractivity contribution in [3.05, 3.63) is 18.2 Å². The smallest absolute Gasteiger partial charge is 0.247 e. The maximum Gasteiger partial charge on any atom is 0.257 e. The molecule has 0 aromatic carbocycles. The first kappa shape index (κ1) is 23.2. The van der Waals surface area contributed by atoms with Crippen LogP contribution in [-0.2, 0) is 0 Å². The van der Waals surface area contributed by atoms with Crippen LogP contribution < -0.4 is 4.57 Å². The first-order valence-corrected chi connectivity index (χ1v) is 11.8. The molecule has 0 aliphatic heterocycles. The Bertz CT molecular complexity index is 422. The Morgan fingerprint density at radius 2 is 1.27 bits per heavy atom. The minimum absolute atomic E-state index is 0.553. The second-order valence-electron chi connectivity index (χ2n) is 8.51. The van der Waals surface area contributed by atoms with Crippen LogP contribution in [0.5, 0.6) is 0 Å². The molecule has 0 bridgehead atoms. The van der Waals surface area contributed by atoms with Gasteiger partial charge in [-0.2, -0.15) is 0 Å². The van der Waals surface area contributed by atoms with Crippen LogP contribution in [0.25, 0.3) is 0 Å². The number of rotatable bonds is 17. The van der Waals surface area contributed by atoms with Crippen molar-refractivity contribution in [3.63, 3.8) is 0 Å². The maximum atomic E-state index is 3.53. The lowest BCUT2D eigenvalue weighted by Crippen LogP contribution is -2.39. The number of nitrogens with zero attached hydrogens (tertiary/aromatic N) is 1. The topological polar surface area (TPSA) is 19.7 Å². The SMILES string of the molecule is CCCCCCCCCCCCCC[C@H](CCC)c1[nH]cc[n+]1C(C)C. The van der Waals surface area contributed by atoms with Gasteiger partial charge in [0, 0.05) is 0 Å². The van der Waals surface area contributed by atoms with E-state index < -0.39 is 0 Å². The highest BCUT2D eigenvalue weighted by molar-refractivity contribution is 4.90. The fourth-order valence-electron chi connectivity index (χ4n) is 4.13. The molecule has 0 fully saturated rings. The molecule has 0 aliphatic rings. The lowest BCUT2D eigenvalue weighted by molar-refractivity contribution is -0.723. The highest BCUT2D eigenvalue weighted by atomic mass is 15.1. The molecular formula is C24H47N2+. The monoisotopic (exact) mass is 363 g/mol. The summed E-state index contributed by atoms with van der Waals surface area (Å²) in [7, 11) is 0. The van der Waals surface area contributed by atoms with Crippen molar-refractivity contribution >= 4 is 0 Å². The van der Waals surface area contributed by atoms with Crippen molar-refractivity contribution in [2.24, 2.45) is 0 Å². The van der Waals surface area contributed by atoms with Gasteiger partial charge in [-0.3, -0.25) is 0 Å². The van der Waals surface area contributed by atoms with Crippen molar-refractivity contribution < 1.29 is 4.57 Å². The summed E-state index contributed by atoms with van der Waals surface area (Å²) in [6, 6.07) is 0.553. The average molecular weight is 364 g/mol. The van der Waals surface area contributed by atoms with Crippen molar-refractivity contribution in [1.29, 1.82) is 0 Å². The van der Waals surface area contributed by atoms with Gasteiger partial charge >= 0.3 is 0 Å². The van der Waals surface area contributed by atoms with Crippen LogP contribution >= 0.6 is 0 Å². The van der Waals surface area contributed by atoms with Crippen molar-refractivity contribution in [2.75, 3.05) is 0 Å². The summed E-state index contributed by atoms with van der Waals surface area (Å²) in [6.45, 7) is 9.18. The quantitative estimate of drug-likeness (QED) is 0.215. The maximum absolute atomic E-state index is 3.53. The number of unbranched alkanes of at least 4 members (excludes halogenated alkanes) is 11. The molecule has 0 aliphatic carbocycles. The minimum atomic E-state index is 0.553. The van der Waals surface area contributed by atoms with E-state index in [0.717, 1.165) is 0 Å². The number of nitrogens with one attached hydrogen (secondary N) is 1. The van der Waals surface area contributed by atoms with E-state index in [1.54, 1.807) is 0 Å². The van der Waals surface area contributed by atoms with E-state index in [9.17, 15) is 0 Å². The standard InChI is InChI=1S/C24H46N2/c1-5-7-8-9-10-11-12-13-14-15-16-17-19-23(18-6-2)24-25-20-21-26(24)22(3)4/h20-23H,5-19H2,1-4H3/p+1/t23-/m0/s1. The summed E-state index contributed by atoms with van der Waals surface area (Å²) in [6.07, 6.45) is 25.5. The number of imidazole rings is 1. The number of hydrogen-bond acceptors (Lipinski definition) is 0. The zero-order valence-electron chi connectivity index (χ0n) is 18.4. The molecule has 1 rings (SSSR count). The highest BCUT2D eigenvalue weighted by Gasteiger charge is 2.23. The largest absolute Gasteiger partial charge is 0.257 e. The van der Waals surface area contributed by atoms with Crippen molar-refractivity contribution in [1.82, 2.24) is 4.98 Å². The summed E-state index contributed by atoms with van der Waals surface area (Å²) in [5, 5.41) is 0. The molecule has 26 heavy (non-hydrogen) atoms. The van der Waals surface area contributed by atoms with E-state index in [0.29, 0.717) is 12.0 Å². The lowest BCUT2D eigenvalue weighted by Gasteiger charge is -2.14. The Hall–Kier alpha value is -0.790. The predicted molar refractivity (Wildman–Crippen MR) is 115 cm³/mol. The number of aromatic amines is 1. The Morgan fingerprint density at radius 3 is 1.77 bits per heavy atom. The zero-order chi connectivity index (χ0) is 19.0. The van der Waals surface area contributed by atoms with Gasteiger partial charge in [0.05, 0.1) is 12.0 Å². The van der Waals surface area contributed by atoms with E-state index in [4.69, 9.17) is 0 Å². The second-order valence-corrected chi connectivity index (χ2v) is 8.51. The summed E-state index contributed by atoms with van der Waals surface area (Å²) in [5.74, 6) is 2.16. The molecule has 1 atom stereocenters. The lowest BCUT2D eigenvalue weighted by atomic mass is 9.94. The third-order valence-electron chi connectivity index (χ3n) is 5.73. The van der Waals surface area contributed by atoms with Crippen LogP contribution in [0.15, 0.2) is 12.4 Å². The van der Waals surface area contributed by atoms with E-state index in [2.05, 4.69) is 49.6 Å². The number of hydrogen-bond donors (Lipinski definition) is 1. The Kier molecular flexibility index (Phi) is 13.7. The van der Waals surface area contributed by atoms with Gasteiger partial charge in [-0.05, 0) is 26.7 Å². The van der Waals surface area contributed by atoms with Gasteiger partial charge in [0.15, 0.2) is 0 Å². The average Bonchev–Trinajstić information content (AvgIpc) is 3.11. The molecule has 0 saturated carbocycles. The van der Waals surface area contributed by atoms with Gasteiger partial charge in [-0.25, -0.2) is 9.55 Å². The Labute approximate surface area is 164 Å².